The number of aromatic nitrogens is 10. The summed E-state index contributed by atoms with van der Waals surface area (Å²) in [6.07, 6.45) is 0.750. The van der Waals surface area contributed by atoms with Gasteiger partial charge in [-0.25, -0.2) is 24.9 Å². The van der Waals surface area contributed by atoms with Gasteiger partial charge in [0, 0.05) is 152 Å². The van der Waals surface area contributed by atoms with Gasteiger partial charge in [-0.1, -0.05) is 58.0 Å². The van der Waals surface area contributed by atoms with Gasteiger partial charge in [0.1, 0.15) is 57.0 Å². The second-order valence-corrected chi connectivity index (χ2v) is 30.6. The number of nitrogens with zero attached hydrogens (tertiary/aromatic N) is 11. The molecule has 0 bridgehead atoms. The Morgan fingerprint density at radius 3 is 0.591 bits per heavy atom. The van der Waals surface area contributed by atoms with Gasteiger partial charge < -0.3 is 27.0 Å². The molecule has 0 saturated carbocycles. The number of furan rings is 5. The number of amides is 6. The molecule has 0 saturated heterocycles. The maximum atomic E-state index is 12.3. The van der Waals surface area contributed by atoms with Crippen LogP contribution in [0.2, 0.25) is 25.1 Å². The van der Waals surface area contributed by atoms with Crippen molar-refractivity contribution in [3.8, 4) is 0 Å². The van der Waals surface area contributed by atoms with Crippen molar-refractivity contribution in [2.75, 3.05) is 40.7 Å². The highest BCUT2D eigenvalue weighted by molar-refractivity contribution is 7.11. The van der Waals surface area contributed by atoms with E-state index in [2.05, 4.69) is 73.4 Å². The van der Waals surface area contributed by atoms with Gasteiger partial charge in [-0.15, -0.1) is 0 Å². The van der Waals surface area contributed by atoms with Crippen LogP contribution >= 0.6 is 116 Å². The molecule has 0 aliphatic rings. The third-order valence-electron chi connectivity index (χ3n) is 16.1. The first-order valence-electron chi connectivity index (χ1n) is 32.7. The standard InChI is InChI=1S/5C14H12ClN3O2S.C3H7NO/c5*1-6-4-11-9(5-10(6)15)7(2)12(20-11)13(19)17-14-16-8(3)18-21-14;1-4(2)3-5/h5*4-5H,1-3H3,(H,16,17,18,19);3H,1-2H3. The molecule has 570 valence electrons. The molecule has 37 heteroatoms. The Hall–Kier alpha value is -10.1. The fourth-order valence-corrected chi connectivity index (χ4v) is 14.0. The van der Waals surface area contributed by atoms with Crippen molar-refractivity contribution >= 4 is 232 Å². The number of anilines is 5. The van der Waals surface area contributed by atoms with E-state index in [4.69, 9.17) is 80.1 Å². The highest BCUT2D eigenvalue weighted by Crippen LogP contribution is 2.37. The molecule has 5 aromatic carbocycles. The molecule has 0 unspecified atom stereocenters. The lowest BCUT2D eigenvalue weighted by atomic mass is 10.1. The third-order valence-corrected chi connectivity index (χ3v) is 21.7. The first-order chi connectivity index (χ1) is 52.0. The molecule has 10 aromatic heterocycles. The smallest absolute Gasteiger partial charge is 0.293 e. The quantitative estimate of drug-likeness (QED) is 0.0751. The molecule has 0 aliphatic heterocycles. The number of benzene rings is 5. The largest absolute Gasteiger partial charge is 0.451 e. The number of rotatable bonds is 11. The van der Waals surface area contributed by atoms with E-state index in [9.17, 15) is 28.8 Å². The third kappa shape index (κ3) is 19.5. The van der Waals surface area contributed by atoms with Gasteiger partial charge in [0.15, 0.2) is 28.8 Å². The van der Waals surface area contributed by atoms with Crippen molar-refractivity contribution in [1.82, 2.24) is 51.7 Å². The maximum absolute atomic E-state index is 12.3. The van der Waals surface area contributed by atoms with Crippen LogP contribution in [0.3, 0.4) is 0 Å². The molecule has 27 nitrogen and oxygen atoms in total. The number of carbonyl (C=O) groups is 6. The van der Waals surface area contributed by atoms with Crippen molar-refractivity contribution in [1.29, 1.82) is 0 Å². The second-order valence-electron chi connectivity index (χ2n) is 24.8. The predicted octanol–water partition coefficient (Wildman–Crippen LogP) is 20.3. The highest BCUT2D eigenvalue weighted by Gasteiger charge is 2.26. The molecule has 6 amide bonds. The van der Waals surface area contributed by atoms with Crippen LogP contribution in [0.4, 0.5) is 25.7 Å². The molecular formula is C73H67Cl5N16O11S5. The molecule has 0 spiro atoms. The lowest BCUT2D eigenvalue weighted by molar-refractivity contribution is -0.115. The first kappa shape index (κ1) is 82.4. The molecule has 0 fully saturated rings. The van der Waals surface area contributed by atoms with Gasteiger partial charge in [-0.05, 0) is 192 Å². The van der Waals surface area contributed by atoms with Crippen LogP contribution in [0.25, 0.3) is 54.8 Å². The maximum Gasteiger partial charge on any atom is 0.293 e. The van der Waals surface area contributed by atoms with E-state index < -0.39 is 0 Å². The van der Waals surface area contributed by atoms with E-state index in [1.165, 1.54) is 4.90 Å². The minimum Gasteiger partial charge on any atom is -0.451 e. The van der Waals surface area contributed by atoms with Gasteiger partial charge in [-0.3, -0.25) is 55.4 Å². The van der Waals surface area contributed by atoms with E-state index >= 15 is 0 Å². The van der Waals surface area contributed by atoms with Gasteiger partial charge >= 0.3 is 0 Å². The number of aryl methyl sites for hydroxylation is 15. The molecule has 0 atom stereocenters. The summed E-state index contributed by atoms with van der Waals surface area (Å²) in [7, 11) is 3.38. The van der Waals surface area contributed by atoms with E-state index in [-0.39, 0.29) is 58.3 Å². The highest BCUT2D eigenvalue weighted by atomic mass is 35.5. The minimum atomic E-state index is -0.339. The lowest BCUT2D eigenvalue weighted by Gasteiger charge is -1.98. The van der Waals surface area contributed by atoms with Gasteiger partial charge in [0.25, 0.3) is 29.5 Å². The molecule has 110 heavy (non-hydrogen) atoms. The summed E-state index contributed by atoms with van der Waals surface area (Å²) < 4.78 is 48.4. The zero-order valence-corrected chi connectivity index (χ0v) is 69.6. The van der Waals surface area contributed by atoms with Crippen LogP contribution in [0.5, 0.6) is 0 Å². The van der Waals surface area contributed by atoms with E-state index in [0.717, 1.165) is 147 Å². The number of nitrogens with one attached hydrogen (secondary N) is 5. The van der Waals surface area contributed by atoms with Crippen LogP contribution in [-0.4, -0.2) is 102 Å². The molecule has 0 radical (unpaired) electrons. The molecule has 15 aromatic rings. The molecule has 15 rings (SSSR count). The lowest BCUT2D eigenvalue weighted by Crippen LogP contribution is -2.11. The number of hydrogen-bond acceptors (Lipinski definition) is 26. The molecular weight excluding hydrogens is 1610 g/mol. The number of halogens is 5. The van der Waals surface area contributed by atoms with Gasteiger partial charge in [0.2, 0.25) is 32.1 Å². The Morgan fingerprint density at radius 2 is 0.464 bits per heavy atom. The van der Waals surface area contributed by atoms with Crippen molar-refractivity contribution < 1.29 is 50.9 Å². The van der Waals surface area contributed by atoms with Crippen LogP contribution in [0.1, 0.15) is 138 Å². The summed E-state index contributed by atoms with van der Waals surface area (Å²) in [5.74, 6) is 2.74. The fourth-order valence-electron chi connectivity index (χ4n) is 10.3. The molecule has 0 aliphatic carbocycles. The number of fused-ring (bicyclic) bond motifs is 5. The Labute approximate surface area is 673 Å². The summed E-state index contributed by atoms with van der Waals surface area (Å²) in [4.78, 5) is 92.8. The summed E-state index contributed by atoms with van der Waals surface area (Å²) in [6, 6.07) is 18.2. The zero-order chi connectivity index (χ0) is 80.0. The Morgan fingerprint density at radius 1 is 0.309 bits per heavy atom. The first-order valence-corrected chi connectivity index (χ1v) is 38.5. The molecule has 10 heterocycles. The van der Waals surface area contributed by atoms with E-state index in [0.29, 0.717) is 108 Å². The van der Waals surface area contributed by atoms with Crippen molar-refractivity contribution in [2.24, 2.45) is 0 Å². The van der Waals surface area contributed by atoms with Crippen LogP contribution in [-0.2, 0) is 4.79 Å². The van der Waals surface area contributed by atoms with Crippen molar-refractivity contribution in [2.45, 2.75) is 104 Å². The monoisotopic (exact) mass is 1680 g/mol. The SMILES string of the molecule is CN(C)C=O.Cc1nsc(NC(=O)c2oc3cc(C)c(Cl)cc3c2C)n1.Cc1nsc(NC(=O)c2oc3cc(C)c(Cl)cc3c2C)n1.Cc1nsc(NC(=O)c2oc3cc(C)c(Cl)cc3c2C)n1.Cc1nsc(NC(=O)c2oc3cc(C)c(Cl)cc3c2C)n1.Cc1nsc(NC(=O)c2oc3cc(C)c(Cl)cc3c2C)n1. The van der Waals surface area contributed by atoms with Crippen LogP contribution in [0.15, 0.2) is 82.7 Å². The van der Waals surface area contributed by atoms with E-state index in [1.54, 1.807) is 48.7 Å². The molecule has 5 N–H and O–H groups in total. The Bertz CT molecular complexity index is 5220. The normalized spacial score (nSPS) is 10.9. The summed E-state index contributed by atoms with van der Waals surface area (Å²) in [5, 5.41) is 23.1. The van der Waals surface area contributed by atoms with Crippen LogP contribution in [0, 0.1) is 104 Å². The minimum absolute atomic E-state index is 0.263. The van der Waals surface area contributed by atoms with Gasteiger partial charge in [-0.2, -0.15) is 21.9 Å². The van der Waals surface area contributed by atoms with Gasteiger partial charge in [0.05, 0.1) is 0 Å². The number of hydrogen-bond donors (Lipinski definition) is 5. The van der Waals surface area contributed by atoms with E-state index in [1.807, 2.05) is 130 Å². The average Bonchev–Trinajstić information content (AvgIpc) is 1.66. The summed E-state index contributed by atoms with van der Waals surface area (Å²) in [5.41, 5.74) is 11.5. The fraction of sp³-hybridized carbons (Fsp3) is 0.233. The van der Waals surface area contributed by atoms with Crippen molar-refractivity contribution in [3.63, 3.8) is 0 Å². The summed E-state index contributed by atoms with van der Waals surface area (Å²) >= 11 is 36.3. The predicted molar refractivity (Wildman–Crippen MR) is 436 cm³/mol. The number of carbonyl (C=O) groups excluding carboxylic acids is 6. The average molecular weight is 1680 g/mol. The topological polar surface area (TPSA) is 360 Å². The Balaban J connectivity index is 0.000000144. The Kier molecular flexibility index (Phi) is 26.4. The van der Waals surface area contributed by atoms with Crippen molar-refractivity contribution in [3.05, 3.63) is 199 Å². The summed E-state index contributed by atoms with van der Waals surface area (Å²) in [6.45, 7) is 27.5. The zero-order valence-electron chi connectivity index (χ0n) is 61.7. The van der Waals surface area contributed by atoms with Crippen LogP contribution < -0.4 is 26.6 Å². The second kappa shape index (κ2) is 35.3.